The van der Waals surface area contributed by atoms with Gasteiger partial charge in [-0.2, -0.15) is 0 Å². The van der Waals surface area contributed by atoms with Crippen molar-refractivity contribution in [2.24, 2.45) is 5.73 Å². The summed E-state index contributed by atoms with van der Waals surface area (Å²) in [4.78, 5) is 43.6. The van der Waals surface area contributed by atoms with E-state index in [-0.39, 0.29) is 42.1 Å². The van der Waals surface area contributed by atoms with Gasteiger partial charge in [0.1, 0.15) is 23.6 Å². The number of nitrogens with one attached hydrogen (secondary N) is 1. The molecule has 2 heterocycles. The third-order valence-corrected chi connectivity index (χ3v) is 7.54. The molecule has 208 valence electrons. The monoisotopic (exact) mass is 534 g/mol. The first kappa shape index (κ1) is 28.2. The molecule has 5 N–H and O–H groups in total. The van der Waals surface area contributed by atoms with Gasteiger partial charge in [-0.05, 0) is 55.4 Å². The zero-order valence-electron chi connectivity index (χ0n) is 22.2. The second kappa shape index (κ2) is 12.8. The number of aliphatic hydroxyl groups excluding tert-OH is 1. The minimum absolute atomic E-state index is 0.0237. The van der Waals surface area contributed by atoms with Crippen LogP contribution >= 0.6 is 0 Å². The quantitative estimate of drug-likeness (QED) is 0.346. The number of carbonyl (C=O) groups excluding carboxylic acids is 3. The van der Waals surface area contributed by atoms with Crippen molar-refractivity contribution in [2.75, 3.05) is 13.1 Å². The van der Waals surface area contributed by atoms with Gasteiger partial charge in [0.2, 0.25) is 17.7 Å². The van der Waals surface area contributed by atoms with Crippen LogP contribution in [-0.4, -0.2) is 75.0 Å². The smallest absolute Gasteiger partial charge is 0.246 e. The Hall–Kier alpha value is -3.85. The van der Waals surface area contributed by atoms with Gasteiger partial charge < -0.3 is 31.1 Å². The van der Waals surface area contributed by atoms with Crippen LogP contribution in [0.2, 0.25) is 0 Å². The van der Waals surface area contributed by atoms with E-state index in [1.54, 1.807) is 34.1 Å². The predicted molar refractivity (Wildman–Crippen MR) is 148 cm³/mol. The van der Waals surface area contributed by atoms with E-state index in [1.807, 2.05) is 30.3 Å². The normalized spacial score (nSPS) is 20.4. The molecule has 2 aliphatic rings. The molecule has 2 aliphatic heterocycles. The number of phenolic OH excluding ortho intramolecular Hbond substituents is 1. The fourth-order valence-electron chi connectivity index (χ4n) is 5.60. The van der Waals surface area contributed by atoms with Crippen molar-refractivity contribution < 1.29 is 24.6 Å². The summed E-state index contributed by atoms with van der Waals surface area (Å²) in [5, 5.41) is 22.4. The molecule has 0 radical (unpaired) electrons. The Balaban J connectivity index is 1.46. The molecular weight excluding hydrogens is 496 g/mol. The highest BCUT2D eigenvalue weighted by Crippen LogP contribution is 2.27. The van der Waals surface area contributed by atoms with Gasteiger partial charge in [-0.3, -0.25) is 14.4 Å². The zero-order valence-corrected chi connectivity index (χ0v) is 22.2. The van der Waals surface area contributed by atoms with Crippen LogP contribution in [0.4, 0.5) is 0 Å². The second-order valence-electron chi connectivity index (χ2n) is 10.5. The van der Waals surface area contributed by atoms with E-state index in [9.17, 15) is 24.6 Å². The Labute approximate surface area is 229 Å². The molecule has 0 saturated carbocycles. The molecule has 3 amide bonds. The molecule has 39 heavy (non-hydrogen) atoms. The molecule has 0 aliphatic carbocycles. The van der Waals surface area contributed by atoms with Crippen LogP contribution in [0.15, 0.2) is 66.9 Å². The lowest BCUT2D eigenvalue weighted by atomic mass is 10.0. The minimum atomic E-state index is -0.851. The van der Waals surface area contributed by atoms with Crippen LogP contribution in [0.3, 0.4) is 0 Å². The number of aliphatic hydroxyl groups is 1. The Kier molecular flexibility index (Phi) is 9.24. The van der Waals surface area contributed by atoms with Crippen LogP contribution in [0.1, 0.15) is 43.2 Å². The highest BCUT2D eigenvalue weighted by molar-refractivity contribution is 5.93. The summed E-state index contributed by atoms with van der Waals surface area (Å²) in [6.07, 6.45) is 3.40. The molecule has 9 nitrogen and oxygen atoms in total. The SMILES string of the molecule is C=C(O)C1CCCN1C(=O)C1CCCN1C(=O)C(Cc1ccccc1)NC(=O)CC(N)Cc1ccc(O)cc1. The number of carbonyl (C=O) groups is 3. The van der Waals surface area contributed by atoms with Crippen LogP contribution in [0.25, 0.3) is 0 Å². The fourth-order valence-corrected chi connectivity index (χ4v) is 5.60. The first-order valence-electron chi connectivity index (χ1n) is 13.6. The summed E-state index contributed by atoms with van der Waals surface area (Å²) in [5.74, 6) is -0.691. The molecule has 2 saturated heterocycles. The molecule has 2 fully saturated rings. The van der Waals surface area contributed by atoms with Gasteiger partial charge in [-0.1, -0.05) is 49.0 Å². The first-order valence-corrected chi connectivity index (χ1v) is 13.6. The van der Waals surface area contributed by atoms with Crippen molar-refractivity contribution in [1.82, 2.24) is 15.1 Å². The molecule has 0 spiro atoms. The third kappa shape index (κ3) is 7.17. The summed E-state index contributed by atoms with van der Waals surface area (Å²) in [5.41, 5.74) is 8.03. The Morgan fingerprint density at radius 2 is 1.54 bits per heavy atom. The summed E-state index contributed by atoms with van der Waals surface area (Å²) < 4.78 is 0. The van der Waals surface area contributed by atoms with Gasteiger partial charge in [-0.15, -0.1) is 0 Å². The zero-order chi connectivity index (χ0) is 27.9. The molecule has 2 aromatic rings. The van der Waals surface area contributed by atoms with Crippen molar-refractivity contribution in [1.29, 1.82) is 0 Å². The average molecular weight is 535 g/mol. The Bertz CT molecular complexity index is 1170. The summed E-state index contributed by atoms with van der Waals surface area (Å²) in [6, 6.07) is 13.7. The number of likely N-dealkylation sites (tertiary alicyclic amines) is 2. The highest BCUT2D eigenvalue weighted by atomic mass is 16.3. The lowest BCUT2D eigenvalue weighted by Gasteiger charge is -2.33. The molecule has 4 atom stereocenters. The van der Waals surface area contributed by atoms with E-state index in [0.717, 1.165) is 17.5 Å². The largest absolute Gasteiger partial charge is 0.511 e. The van der Waals surface area contributed by atoms with E-state index in [4.69, 9.17) is 5.73 Å². The molecular formula is C30H38N4O5. The maximum atomic E-state index is 13.9. The molecule has 9 heteroatoms. The van der Waals surface area contributed by atoms with Gasteiger partial charge >= 0.3 is 0 Å². The van der Waals surface area contributed by atoms with Gasteiger partial charge in [0, 0.05) is 32.0 Å². The summed E-state index contributed by atoms with van der Waals surface area (Å²) in [6.45, 7) is 4.57. The van der Waals surface area contributed by atoms with Crippen molar-refractivity contribution in [3.8, 4) is 5.75 Å². The highest BCUT2D eigenvalue weighted by Gasteiger charge is 2.42. The van der Waals surface area contributed by atoms with Crippen molar-refractivity contribution >= 4 is 17.7 Å². The lowest BCUT2D eigenvalue weighted by Crippen LogP contribution is -2.55. The van der Waals surface area contributed by atoms with Crippen LogP contribution < -0.4 is 11.1 Å². The third-order valence-electron chi connectivity index (χ3n) is 7.54. The number of hydrogen-bond acceptors (Lipinski definition) is 6. The second-order valence-corrected chi connectivity index (χ2v) is 10.5. The van der Waals surface area contributed by atoms with Crippen LogP contribution in [0, 0.1) is 0 Å². The maximum absolute atomic E-state index is 13.9. The molecule has 2 aromatic carbocycles. The van der Waals surface area contributed by atoms with Crippen LogP contribution in [0.5, 0.6) is 5.75 Å². The topological polar surface area (TPSA) is 136 Å². The lowest BCUT2D eigenvalue weighted by molar-refractivity contribution is -0.146. The first-order chi connectivity index (χ1) is 18.7. The number of nitrogens with zero attached hydrogens (tertiary/aromatic N) is 2. The molecule has 4 unspecified atom stereocenters. The number of benzene rings is 2. The van der Waals surface area contributed by atoms with Gasteiger partial charge in [0.05, 0.1) is 6.04 Å². The number of nitrogens with two attached hydrogens (primary N) is 1. The van der Waals surface area contributed by atoms with E-state index in [0.29, 0.717) is 38.8 Å². The van der Waals surface area contributed by atoms with Crippen molar-refractivity contribution in [3.63, 3.8) is 0 Å². The van der Waals surface area contributed by atoms with E-state index >= 15 is 0 Å². The molecule has 4 rings (SSSR count). The standard InChI is InChI=1S/C30H38N4O5/c1-20(35)26-9-5-15-33(26)30(39)27-10-6-16-34(27)29(38)25(18-21-7-3-2-4-8-21)32-28(37)19-23(31)17-22-11-13-24(36)14-12-22/h2-4,7-8,11-14,23,25-27,35-36H,1,5-6,9-10,15-19,31H2,(H,32,37). The van der Waals surface area contributed by atoms with Crippen LogP contribution in [-0.2, 0) is 27.2 Å². The van der Waals surface area contributed by atoms with E-state index in [2.05, 4.69) is 11.9 Å². The molecule has 0 bridgehead atoms. The molecule has 0 aromatic heterocycles. The van der Waals surface area contributed by atoms with Crippen molar-refractivity contribution in [2.45, 2.75) is 69.1 Å². The number of aromatic hydroxyl groups is 1. The van der Waals surface area contributed by atoms with E-state index in [1.165, 1.54) is 0 Å². The fraction of sp³-hybridized carbons (Fsp3) is 0.433. The van der Waals surface area contributed by atoms with Gasteiger partial charge in [0.15, 0.2) is 0 Å². The minimum Gasteiger partial charge on any atom is -0.511 e. The Morgan fingerprint density at radius 1 is 0.923 bits per heavy atom. The summed E-state index contributed by atoms with van der Waals surface area (Å²) >= 11 is 0. The predicted octanol–water partition coefficient (Wildman–Crippen LogP) is 2.43. The summed E-state index contributed by atoms with van der Waals surface area (Å²) in [7, 11) is 0. The number of hydrogen-bond donors (Lipinski definition) is 4. The van der Waals surface area contributed by atoms with Gasteiger partial charge in [0.25, 0.3) is 0 Å². The number of amides is 3. The van der Waals surface area contributed by atoms with E-state index < -0.39 is 24.2 Å². The van der Waals surface area contributed by atoms with Gasteiger partial charge in [-0.25, -0.2) is 0 Å². The average Bonchev–Trinajstić information content (AvgIpc) is 3.60. The maximum Gasteiger partial charge on any atom is 0.246 e. The number of phenols is 1. The Morgan fingerprint density at radius 3 is 2.21 bits per heavy atom. The number of rotatable bonds is 10. The van der Waals surface area contributed by atoms with Crippen molar-refractivity contribution in [3.05, 3.63) is 78.1 Å².